The van der Waals surface area contributed by atoms with Crippen LogP contribution in [0.25, 0.3) is 10.6 Å². The number of hydrogen-bond acceptors (Lipinski definition) is 5. The largest absolute Gasteiger partial charge is 0.497 e. The van der Waals surface area contributed by atoms with Crippen molar-refractivity contribution in [2.75, 3.05) is 13.7 Å². The molecular formula is C18H24N2O3S. The summed E-state index contributed by atoms with van der Waals surface area (Å²) in [5.74, 6) is 0.903. The molecule has 2 unspecified atom stereocenters. The second kappa shape index (κ2) is 8.80. The lowest BCUT2D eigenvalue weighted by atomic mass is 10.00. The van der Waals surface area contributed by atoms with Crippen LogP contribution in [0.15, 0.2) is 29.6 Å². The fraction of sp³-hybridized carbons (Fsp3) is 0.444. The fourth-order valence-electron chi connectivity index (χ4n) is 2.35. The van der Waals surface area contributed by atoms with E-state index in [1.165, 1.54) is 11.3 Å². The van der Waals surface area contributed by atoms with Gasteiger partial charge in [-0.2, -0.15) is 0 Å². The Kier molecular flexibility index (Phi) is 6.75. The molecule has 0 aliphatic rings. The zero-order valence-corrected chi connectivity index (χ0v) is 15.1. The number of nitrogens with one attached hydrogen (secondary N) is 1. The lowest BCUT2D eigenvalue weighted by molar-refractivity contribution is -0.121. The van der Waals surface area contributed by atoms with E-state index in [1.807, 2.05) is 43.5 Å². The molecule has 0 spiro atoms. The first kappa shape index (κ1) is 18.4. The minimum absolute atomic E-state index is 0.0487. The van der Waals surface area contributed by atoms with Crippen LogP contribution in [0.3, 0.4) is 0 Å². The van der Waals surface area contributed by atoms with E-state index in [9.17, 15) is 9.90 Å². The molecule has 0 fully saturated rings. The molecule has 0 saturated heterocycles. The molecule has 2 aromatic rings. The van der Waals surface area contributed by atoms with Crippen molar-refractivity contribution in [2.24, 2.45) is 5.92 Å². The van der Waals surface area contributed by atoms with Crippen LogP contribution in [0.2, 0.25) is 0 Å². The molecule has 2 atom stereocenters. The van der Waals surface area contributed by atoms with Gasteiger partial charge in [-0.25, -0.2) is 4.98 Å². The summed E-state index contributed by atoms with van der Waals surface area (Å²) in [5, 5.41) is 15.0. The van der Waals surface area contributed by atoms with Crippen LogP contribution in [0.1, 0.15) is 26.0 Å². The monoisotopic (exact) mass is 348 g/mol. The summed E-state index contributed by atoms with van der Waals surface area (Å²) in [6, 6.07) is 7.48. The first-order chi connectivity index (χ1) is 11.6. The molecule has 1 heterocycles. The predicted octanol–water partition coefficient (Wildman–Crippen LogP) is 2.88. The maximum absolute atomic E-state index is 12.2. The number of amides is 1. The third-order valence-corrected chi connectivity index (χ3v) is 5.02. The average molecular weight is 348 g/mol. The highest BCUT2D eigenvalue weighted by molar-refractivity contribution is 7.13. The molecule has 5 nitrogen and oxygen atoms in total. The number of aliphatic hydroxyl groups is 1. The van der Waals surface area contributed by atoms with Gasteiger partial charge < -0.3 is 15.2 Å². The first-order valence-corrected chi connectivity index (χ1v) is 8.94. The number of benzene rings is 1. The van der Waals surface area contributed by atoms with Crippen LogP contribution in [-0.2, 0) is 11.2 Å². The molecule has 2 rings (SSSR count). The molecule has 0 aliphatic heterocycles. The Labute approximate surface area is 146 Å². The van der Waals surface area contributed by atoms with Crippen LogP contribution in [0, 0.1) is 5.92 Å². The van der Waals surface area contributed by atoms with E-state index in [4.69, 9.17) is 4.74 Å². The molecule has 6 heteroatoms. The van der Waals surface area contributed by atoms with E-state index in [1.54, 1.807) is 7.11 Å². The minimum Gasteiger partial charge on any atom is -0.497 e. The number of ether oxygens (including phenoxy) is 1. The van der Waals surface area contributed by atoms with Crippen LogP contribution < -0.4 is 10.1 Å². The topological polar surface area (TPSA) is 71.5 Å². The normalized spacial score (nSPS) is 13.3. The zero-order valence-electron chi connectivity index (χ0n) is 14.3. The molecule has 1 aromatic heterocycles. The molecule has 24 heavy (non-hydrogen) atoms. The number of aromatic nitrogens is 1. The van der Waals surface area contributed by atoms with Gasteiger partial charge in [-0.05, 0) is 18.1 Å². The molecular weight excluding hydrogens is 324 g/mol. The Morgan fingerprint density at radius 3 is 2.92 bits per heavy atom. The highest BCUT2D eigenvalue weighted by Crippen LogP contribution is 2.27. The van der Waals surface area contributed by atoms with Crippen molar-refractivity contribution in [3.8, 4) is 16.3 Å². The molecule has 0 aliphatic carbocycles. The summed E-state index contributed by atoms with van der Waals surface area (Å²) in [4.78, 5) is 16.7. The number of thiazole rings is 1. The van der Waals surface area contributed by atoms with Gasteiger partial charge in [-0.1, -0.05) is 32.4 Å². The SMILES string of the molecule is CCC(C)C(CO)NC(=O)Cc1csc(-c2cccc(OC)c2)n1. The smallest absolute Gasteiger partial charge is 0.226 e. The predicted molar refractivity (Wildman–Crippen MR) is 96.3 cm³/mol. The Bertz CT molecular complexity index is 672. The number of rotatable bonds is 8. The minimum atomic E-state index is -0.209. The maximum atomic E-state index is 12.2. The second-order valence-corrected chi connectivity index (χ2v) is 6.65. The van der Waals surface area contributed by atoms with Gasteiger partial charge in [0.25, 0.3) is 0 Å². The van der Waals surface area contributed by atoms with Gasteiger partial charge in [-0.15, -0.1) is 11.3 Å². The fourth-order valence-corrected chi connectivity index (χ4v) is 3.17. The quantitative estimate of drug-likeness (QED) is 0.769. The van der Waals surface area contributed by atoms with Crippen molar-refractivity contribution < 1.29 is 14.6 Å². The van der Waals surface area contributed by atoms with Gasteiger partial charge in [0.15, 0.2) is 0 Å². The Hall–Kier alpha value is -1.92. The van der Waals surface area contributed by atoms with E-state index >= 15 is 0 Å². The van der Waals surface area contributed by atoms with Gasteiger partial charge in [-0.3, -0.25) is 4.79 Å². The number of carbonyl (C=O) groups is 1. The Balaban J connectivity index is 2.01. The lowest BCUT2D eigenvalue weighted by Crippen LogP contribution is -2.42. The number of nitrogens with zero attached hydrogens (tertiary/aromatic N) is 1. The standard InChI is InChI=1S/C18H24N2O3S/c1-4-12(2)16(10-21)20-17(22)9-14-11-24-18(19-14)13-6-5-7-15(8-13)23-3/h5-8,11-12,16,21H,4,9-10H2,1-3H3,(H,20,22). The molecule has 0 radical (unpaired) electrons. The summed E-state index contributed by atoms with van der Waals surface area (Å²) in [6.45, 7) is 4.01. The third kappa shape index (κ3) is 4.79. The van der Waals surface area contributed by atoms with E-state index in [2.05, 4.69) is 10.3 Å². The number of methoxy groups -OCH3 is 1. The second-order valence-electron chi connectivity index (χ2n) is 5.79. The summed E-state index contributed by atoms with van der Waals surface area (Å²) in [6.07, 6.45) is 1.12. The van der Waals surface area contributed by atoms with Gasteiger partial charge in [0.1, 0.15) is 10.8 Å². The number of hydrogen-bond donors (Lipinski definition) is 2. The number of aliphatic hydroxyl groups excluding tert-OH is 1. The summed E-state index contributed by atoms with van der Waals surface area (Å²) >= 11 is 1.50. The maximum Gasteiger partial charge on any atom is 0.226 e. The van der Waals surface area contributed by atoms with Crippen LogP contribution >= 0.6 is 11.3 Å². The number of carbonyl (C=O) groups excluding carboxylic acids is 1. The van der Waals surface area contributed by atoms with Crippen molar-refractivity contribution in [1.29, 1.82) is 0 Å². The van der Waals surface area contributed by atoms with E-state index in [0.29, 0.717) is 0 Å². The lowest BCUT2D eigenvalue weighted by Gasteiger charge is -2.21. The van der Waals surface area contributed by atoms with Crippen molar-refractivity contribution in [3.63, 3.8) is 0 Å². The third-order valence-electron chi connectivity index (χ3n) is 4.08. The van der Waals surface area contributed by atoms with Crippen molar-refractivity contribution in [3.05, 3.63) is 35.3 Å². The van der Waals surface area contributed by atoms with Crippen molar-refractivity contribution >= 4 is 17.2 Å². The average Bonchev–Trinajstić information content (AvgIpc) is 3.07. The molecule has 1 aromatic carbocycles. The molecule has 1 amide bonds. The van der Waals surface area contributed by atoms with Crippen LogP contribution in [0.5, 0.6) is 5.75 Å². The molecule has 2 N–H and O–H groups in total. The van der Waals surface area contributed by atoms with Crippen LogP contribution in [-0.4, -0.2) is 35.8 Å². The van der Waals surface area contributed by atoms with Gasteiger partial charge in [0.05, 0.1) is 31.9 Å². The van der Waals surface area contributed by atoms with E-state index < -0.39 is 0 Å². The zero-order chi connectivity index (χ0) is 17.5. The summed E-state index contributed by atoms with van der Waals surface area (Å²) < 4.78 is 5.23. The molecule has 0 saturated carbocycles. The Morgan fingerprint density at radius 1 is 1.46 bits per heavy atom. The van der Waals surface area contributed by atoms with E-state index in [-0.39, 0.29) is 30.9 Å². The first-order valence-electron chi connectivity index (χ1n) is 8.06. The highest BCUT2D eigenvalue weighted by Gasteiger charge is 2.18. The molecule has 0 bridgehead atoms. The van der Waals surface area contributed by atoms with Crippen molar-refractivity contribution in [2.45, 2.75) is 32.7 Å². The van der Waals surface area contributed by atoms with Gasteiger partial charge in [0, 0.05) is 10.9 Å². The highest BCUT2D eigenvalue weighted by atomic mass is 32.1. The summed E-state index contributed by atoms with van der Waals surface area (Å²) in [5.41, 5.74) is 1.70. The van der Waals surface area contributed by atoms with Gasteiger partial charge in [0.2, 0.25) is 5.91 Å². The molecule has 130 valence electrons. The van der Waals surface area contributed by atoms with E-state index in [0.717, 1.165) is 28.4 Å². The summed E-state index contributed by atoms with van der Waals surface area (Å²) in [7, 11) is 1.63. The van der Waals surface area contributed by atoms with Crippen LogP contribution in [0.4, 0.5) is 0 Å². The van der Waals surface area contributed by atoms with Crippen molar-refractivity contribution in [1.82, 2.24) is 10.3 Å². The van der Waals surface area contributed by atoms with Gasteiger partial charge >= 0.3 is 0 Å². The Morgan fingerprint density at radius 2 is 2.25 bits per heavy atom.